The fourth-order valence-electron chi connectivity index (χ4n) is 4.71. The third-order valence-corrected chi connectivity index (χ3v) is 6.96. The maximum atomic E-state index is 13.1. The summed E-state index contributed by atoms with van der Waals surface area (Å²) in [6.45, 7) is 10.8. The summed E-state index contributed by atoms with van der Waals surface area (Å²) in [4.78, 5) is 20.0. The van der Waals surface area contributed by atoms with E-state index in [0.717, 1.165) is 42.7 Å². The van der Waals surface area contributed by atoms with E-state index in [4.69, 9.17) is 9.26 Å². The van der Waals surface area contributed by atoms with Gasteiger partial charge in [-0.05, 0) is 54.5 Å². The molecular weight excluding hydrogens is 452 g/mol. The van der Waals surface area contributed by atoms with Crippen LogP contribution in [0.3, 0.4) is 0 Å². The molecule has 7 heteroatoms. The first-order valence-corrected chi connectivity index (χ1v) is 12.9. The van der Waals surface area contributed by atoms with Crippen molar-refractivity contribution in [1.82, 2.24) is 20.4 Å². The number of nitrogens with one attached hydrogen (secondary N) is 1. The zero-order chi connectivity index (χ0) is 25.7. The van der Waals surface area contributed by atoms with Crippen LogP contribution in [-0.2, 0) is 16.8 Å². The topological polar surface area (TPSA) is 80.5 Å². The summed E-state index contributed by atoms with van der Waals surface area (Å²) in [5, 5.41) is 7.45. The average Bonchev–Trinajstić information content (AvgIpc) is 3.35. The summed E-state index contributed by atoms with van der Waals surface area (Å²) in [5.74, 6) is 2.04. The number of carbonyl (C=O) groups excluding carboxylic acids is 1. The van der Waals surface area contributed by atoms with Crippen LogP contribution in [-0.4, -0.2) is 41.1 Å². The Labute approximate surface area is 214 Å². The highest BCUT2D eigenvalue weighted by Gasteiger charge is 2.28. The fraction of sp³-hybridized carbons (Fsp3) is 0.483. The Balaban J connectivity index is 1.34. The monoisotopic (exact) mass is 490 g/mol. The van der Waals surface area contributed by atoms with Crippen molar-refractivity contribution >= 4 is 5.91 Å². The third-order valence-electron chi connectivity index (χ3n) is 6.96. The number of ether oxygens (including phenoxy) is 1. The number of likely N-dealkylation sites (tertiary alicyclic amines) is 1. The summed E-state index contributed by atoms with van der Waals surface area (Å²) in [6, 6.07) is 16.2. The van der Waals surface area contributed by atoms with Gasteiger partial charge in [0.25, 0.3) is 0 Å². The first kappa shape index (κ1) is 25.9. The van der Waals surface area contributed by atoms with Gasteiger partial charge in [-0.3, -0.25) is 9.69 Å². The lowest BCUT2D eigenvalue weighted by molar-refractivity contribution is -0.127. The van der Waals surface area contributed by atoms with Crippen molar-refractivity contribution < 1.29 is 14.1 Å². The zero-order valence-electron chi connectivity index (χ0n) is 22.1. The molecule has 7 nitrogen and oxygen atoms in total. The van der Waals surface area contributed by atoms with Crippen LogP contribution in [0.15, 0.2) is 53.1 Å². The molecule has 0 spiro atoms. The van der Waals surface area contributed by atoms with Gasteiger partial charge in [-0.25, -0.2) is 0 Å². The molecule has 2 atom stereocenters. The van der Waals surface area contributed by atoms with Crippen LogP contribution in [0.25, 0.3) is 11.4 Å². The number of piperidine rings is 1. The van der Waals surface area contributed by atoms with Crippen LogP contribution in [0.5, 0.6) is 5.75 Å². The molecule has 2 unspecified atom stereocenters. The molecule has 36 heavy (non-hydrogen) atoms. The molecule has 1 aliphatic heterocycles. The standard InChI is InChI=1S/C29H38N4O3/c1-6-25(20-11-15-24(35-5)16-12-20)30-28(34)22-8-7-17-33(18-22)19-26-31-27(32-36-26)21-9-13-23(14-10-21)29(2,3)4/h9-16,22,25H,6-8,17-19H2,1-5H3,(H,30,34). The largest absolute Gasteiger partial charge is 0.497 e. The number of methoxy groups -OCH3 is 1. The molecule has 4 rings (SSSR count). The lowest BCUT2D eigenvalue weighted by atomic mass is 9.87. The Morgan fingerprint density at radius 1 is 1.17 bits per heavy atom. The van der Waals surface area contributed by atoms with Gasteiger partial charge in [-0.15, -0.1) is 0 Å². The highest BCUT2D eigenvalue weighted by atomic mass is 16.5. The number of hydrogen-bond donors (Lipinski definition) is 1. The summed E-state index contributed by atoms with van der Waals surface area (Å²) in [6.07, 6.45) is 2.68. The molecular formula is C29H38N4O3. The van der Waals surface area contributed by atoms with Crippen molar-refractivity contribution in [3.8, 4) is 17.1 Å². The third kappa shape index (κ3) is 6.32. The number of amides is 1. The molecule has 3 aromatic rings. The maximum Gasteiger partial charge on any atom is 0.241 e. The van der Waals surface area contributed by atoms with Crippen LogP contribution in [0.2, 0.25) is 0 Å². The molecule has 192 valence electrons. The molecule has 2 heterocycles. The first-order valence-electron chi connectivity index (χ1n) is 12.9. The van der Waals surface area contributed by atoms with E-state index in [0.29, 0.717) is 24.8 Å². The maximum absolute atomic E-state index is 13.1. The smallest absolute Gasteiger partial charge is 0.241 e. The molecule has 1 N–H and O–H groups in total. The van der Waals surface area contributed by atoms with Crippen molar-refractivity contribution in [2.45, 2.75) is 65.0 Å². The van der Waals surface area contributed by atoms with Crippen LogP contribution in [0, 0.1) is 5.92 Å². The Bertz CT molecular complexity index is 1130. The van der Waals surface area contributed by atoms with E-state index in [1.54, 1.807) is 7.11 Å². The SMILES string of the molecule is CCC(NC(=O)C1CCCN(Cc2nc(-c3ccc(C(C)(C)C)cc3)no2)C1)c1ccc(OC)cc1. The molecule has 1 saturated heterocycles. The number of carbonyl (C=O) groups is 1. The molecule has 0 bridgehead atoms. The van der Waals surface area contributed by atoms with E-state index in [9.17, 15) is 4.79 Å². The Hall–Kier alpha value is -3.19. The van der Waals surface area contributed by atoms with Gasteiger partial charge in [0.1, 0.15) is 5.75 Å². The summed E-state index contributed by atoms with van der Waals surface area (Å²) < 4.78 is 10.8. The van der Waals surface area contributed by atoms with E-state index < -0.39 is 0 Å². The van der Waals surface area contributed by atoms with Gasteiger partial charge >= 0.3 is 0 Å². The molecule has 1 amide bonds. The zero-order valence-corrected chi connectivity index (χ0v) is 22.1. The average molecular weight is 491 g/mol. The second kappa shape index (κ2) is 11.2. The van der Waals surface area contributed by atoms with E-state index in [2.05, 4.69) is 60.2 Å². The number of aromatic nitrogens is 2. The van der Waals surface area contributed by atoms with Crippen LogP contribution in [0.1, 0.15) is 70.0 Å². The second-order valence-corrected chi connectivity index (χ2v) is 10.7. The van der Waals surface area contributed by atoms with Gasteiger partial charge in [0.15, 0.2) is 0 Å². The van der Waals surface area contributed by atoms with Gasteiger partial charge in [-0.1, -0.05) is 69.2 Å². The van der Waals surface area contributed by atoms with E-state index in [-0.39, 0.29) is 23.3 Å². The minimum absolute atomic E-state index is 0.0121. The van der Waals surface area contributed by atoms with Crippen molar-refractivity contribution in [2.75, 3.05) is 20.2 Å². The Morgan fingerprint density at radius 2 is 1.89 bits per heavy atom. The first-order chi connectivity index (χ1) is 17.3. The minimum atomic E-state index is -0.0571. The van der Waals surface area contributed by atoms with Crippen molar-refractivity contribution in [2.24, 2.45) is 5.92 Å². The van der Waals surface area contributed by atoms with Crippen LogP contribution < -0.4 is 10.1 Å². The van der Waals surface area contributed by atoms with E-state index in [1.807, 2.05) is 36.4 Å². The summed E-state index contributed by atoms with van der Waals surface area (Å²) in [7, 11) is 1.66. The number of nitrogens with zero attached hydrogens (tertiary/aromatic N) is 3. The van der Waals surface area contributed by atoms with E-state index in [1.165, 1.54) is 5.56 Å². The molecule has 1 aromatic heterocycles. The molecule has 2 aromatic carbocycles. The van der Waals surface area contributed by atoms with Crippen molar-refractivity contribution in [3.05, 3.63) is 65.5 Å². The number of benzene rings is 2. The molecule has 0 saturated carbocycles. The van der Waals surface area contributed by atoms with Crippen molar-refractivity contribution in [3.63, 3.8) is 0 Å². The van der Waals surface area contributed by atoms with Gasteiger partial charge in [-0.2, -0.15) is 4.98 Å². The number of hydrogen-bond acceptors (Lipinski definition) is 6. The van der Waals surface area contributed by atoms with Gasteiger partial charge in [0, 0.05) is 12.1 Å². The number of rotatable bonds is 8. The predicted octanol–water partition coefficient (Wildman–Crippen LogP) is 5.52. The second-order valence-electron chi connectivity index (χ2n) is 10.7. The normalized spacial score (nSPS) is 17.5. The predicted molar refractivity (Wildman–Crippen MR) is 141 cm³/mol. The van der Waals surface area contributed by atoms with E-state index >= 15 is 0 Å². The summed E-state index contributed by atoms with van der Waals surface area (Å²) >= 11 is 0. The minimum Gasteiger partial charge on any atom is -0.497 e. The molecule has 1 aliphatic rings. The van der Waals surface area contributed by atoms with Gasteiger partial charge in [0.2, 0.25) is 17.6 Å². The molecule has 0 radical (unpaired) electrons. The van der Waals surface area contributed by atoms with Crippen LogP contribution in [0.4, 0.5) is 0 Å². The molecule has 1 fully saturated rings. The Morgan fingerprint density at radius 3 is 2.53 bits per heavy atom. The van der Waals surface area contributed by atoms with Gasteiger partial charge in [0.05, 0.1) is 25.6 Å². The molecule has 0 aliphatic carbocycles. The lowest BCUT2D eigenvalue weighted by Gasteiger charge is -2.32. The van der Waals surface area contributed by atoms with Gasteiger partial charge < -0.3 is 14.6 Å². The quantitative estimate of drug-likeness (QED) is 0.448. The lowest BCUT2D eigenvalue weighted by Crippen LogP contribution is -2.43. The highest BCUT2D eigenvalue weighted by Crippen LogP contribution is 2.26. The van der Waals surface area contributed by atoms with Crippen LogP contribution >= 0.6 is 0 Å². The highest BCUT2D eigenvalue weighted by molar-refractivity contribution is 5.79. The Kier molecular flexibility index (Phi) is 8.09. The fourth-order valence-corrected chi connectivity index (χ4v) is 4.71. The van der Waals surface area contributed by atoms with Crippen molar-refractivity contribution in [1.29, 1.82) is 0 Å². The summed E-state index contributed by atoms with van der Waals surface area (Å²) in [5.41, 5.74) is 3.40.